The van der Waals surface area contributed by atoms with Crippen molar-refractivity contribution in [3.8, 4) is 5.75 Å². The molecule has 0 atom stereocenters. The maximum Gasteiger partial charge on any atom is 0.266 e. The normalized spacial score (nSPS) is 15.3. The van der Waals surface area contributed by atoms with Crippen molar-refractivity contribution in [3.05, 3.63) is 64.6 Å². The van der Waals surface area contributed by atoms with E-state index in [4.69, 9.17) is 17.0 Å². The minimum atomic E-state index is -0.289. The number of rotatable bonds is 5. The van der Waals surface area contributed by atoms with Gasteiger partial charge < -0.3 is 10.1 Å². The van der Waals surface area contributed by atoms with Crippen LogP contribution in [0, 0.1) is 6.92 Å². The van der Waals surface area contributed by atoms with E-state index in [-0.39, 0.29) is 18.4 Å². The van der Waals surface area contributed by atoms with Crippen molar-refractivity contribution < 1.29 is 14.3 Å². The van der Waals surface area contributed by atoms with Gasteiger partial charge in [0.25, 0.3) is 5.91 Å². The minimum absolute atomic E-state index is 0.113. The molecule has 1 heterocycles. The fraction of sp³-hybridized carbons (Fsp3) is 0.150. The highest BCUT2D eigenvalue weighted by Gasteiger charge is 2.33. The molecule has 2 aromatic carbocycles. The number of benzene rings is 2. The zero-order valence-electron chi connectivity index (χ0n) is 14.9. The van der Waals surface area contributed by atoms with Crippen LogP contribution < -0.4 is 10.1 Å². The summed E-state index contributed by atoms with van der Waals surface area (Å²) < 4.78 is 5.50. The lowest BCUT2D eigenvalue weighted by molar-refractivity contribution is -0.126. The lowest BCUT2D eigenvalue weighted by Gasteiger charge is -2.14. The lowest BCUT2D eigenvalue weighted by atomic mass is 10.2. The van der Waals surface area contributed by atoms with Crippen LogP contribution in [0.5, 0.6) is 5.75 Å². The molecule has 1 saturated heterocycles. The van der Waals surface area contributed by atoms with Gasteiger partial charge >= 0.3 is 0 Å². The van der Waals surface area contributed by atoms with E-state index in [1.807, 2.05) is 49.4 Å². The number of methoxy groups -OCH3 is 1. The zero-order valence-corrected chi connectivity index (χ0v) is 16.5. The van der Waals surface area contributed by atoms with Gasteiger partial charge in [0.05, 0.1) is 12.0 Å². The molecule has 0 bridgehead atoms. The first kappa shape index (κ1) is 19.1. The smallest absolute Gasteiger partial charge is 0.266 e. The number of carbonyl (C=O) groups excluding carboxylic acids is 2. The number of thioether (sulfide) groups is 1. The number of hydrogen-bond donors (Lipinski definition) is 1. The first-order valence-electron chi connectivity index (χ1n) is 8.22. The Bertz CT molecular complexity index is 923. The molecule has 1 N–H and O–H groups in total. The van der Waals surface area contributed by atoms with Crippen molar-refractivity contribution in [2.75, 3.05) is 19.0 Å². The number of hydrogen-bond acceptors (Lipinski definition) is 5. The van der Waals surface area contributed by atoms with E-state index >= 15 is 0 Å². The fourth-order valence-corrected chi connectivity index (χ4v) is 3.81. The predicted octanol–water partition coefficient (Wildman–Crippen LogP) is 3.84. The Kier molecular flexibility index (Phi) is 5.93. The molecule has 2 amide bonds. The van der Waals surface area contributed by atoms with Gasteiger partial charge in [-0.25, -0.2) is 0 Å². The number of nitrogens with zero attached hydrogens (tertiary/aromatic N) is 1. The van der Waals surface area contributed by atoms with Gasteiger partial charge in [-0.3, -0.25) is 14.5 Å². The molecular formula is C20H18N2O3S2. The van der Waals surface area contributed by atoms with Crippen LogP contribution in [0.2, 0.25) is 0 Å². The minimum Gasteiger partial charge on any atom is -0.497 e. The van der Waals surface area contributed by atoms with E-state index in [1.54, 1.807) is 19.3 Å². The summed E-state index contributed by atoms with van der Waals surface area (Å²) in [7, 11) is 1.60. The third kappa shape index (κ3) is 4.75. The topological polar surface area (TPSA) is 58.6 Å². The molecular weight excluding hydrogens is 380 g/mol. The van der Waals surface area contributed by atoms with Crippen LogP contribution in [0.4, 0.5) is 5.69 Å². The number of aryl methyl sites for hydroxylation is 1. The van der Waals surface area contributed by atoms with Crippen LogP contribution in [-0.4, -0.2) is 34.7 Å². The van der Waals surface area contributed by atoms with Gasteiger partial charge in [-0.2, -0.15) is 0 Å². The van der Waals surface area contributed by atoms with Crippen molar-refractivity contribution in [1.29, 1.82) is 0 Å². The molecule has 1 aliphatic rings. The van der Waals surface area contributed by atoms with Crippen LogP contribution in [-0.2, 0) is 9.59 Å². The Morgan fingerprint density at radius 3 is 2.67 bits per heavy atom. The standard InChI is InChI=1S/C20H18N2O3S2/c1-13-4-3-5-15(10-13)21-18(23)12-22-19(24)17(27-20(22)26)11-14-6-8-16(25-2)9-7-14/h3-11H,12H2,1-2H3,(H,21,23)/b17-11-. The number of anilines is 1. The lowest BCUT2D eigenvalue weighted by Crippen LogP contribution is -2.36. The third-order valence-electron chi connectivity index (χ3n) is 3.89. The van der Waals surface area contributed by atoms with E-state index in [1.165, 1.54) is 16.7 Å². The van der Waals surface area contributed by atoms with Crippen LogP contribution >= 0.6 is 24.0 Å². The zero-order chi connectivity index (χ0) is 19.4. The summed E-state index contributed by atoms with van der Waals surface area (Å²) >= 11 is 6.48. The van der Waals surface area contributed by atoms with Crippen molar-refractivity contribution >= 4 is 51.9 Å². The van der Waals surface area contributed by atoms with Gasteiger partial charge in [0, 0.05) is 5.69 Å². The van der Waals surface area contributed by atoms with Crippen LogP contribution in [0.15, 0.2) is 53.4 Å². The summed E-state index contributed by atoms with van der Waals surface area (Å²) in [5.41, 5.74) is 2.60. The molecule has 0 aromatic heterocycles. The number of ether oxygens (including phenoxy) is 1. The van der Waals surface area contributed by atoms with Gasteiger partial charge in [0.1, 0.15) is 16.6 Å². The van der Waals surface area contributed by atoms with E-state index in [9.17, 15) is 9.59 Å². The first-order valence-corrected chi connectivity index (χ1v) is 9.44. The molecule has 1 aliphatic heterocycles. The average Bonchev–Trinajstić information content (AvgIpc) is 2.90. The summed E-state index contributed by atoms with van der Waals surface area (Å²) in [5, 5.41) is 2.79. The molecule has 1 fully saturated rings. The van der Waals surface area contributed by atoms with Gasteiger partial charge in [0.2, 0.25) is 5.91 Å². The van der Waals surface area contributed by atoms with Crippen molar-refractivity contribution in [1.82, 2.24) is 4.90 Å². The molecule has 7 heteroatoms. The molecule has 3 rings (SSSR count). The van der Waals surface area contributed by atoms with E-state index in [2.05, 4.69) is 5.32 Å². The monoisotopic (exact) mass is 398 g/mol. The Hall–Kier alpha value is -2.64. The summed E-state index contributed by atoms with van der Waals surface area (Å²) in [4.78, 5) is 26.7. The SMILES string of the molecule is COc1ccc(/C=C2\SC(=S)N(CC(=O)Nc3cccc(C)c3)C2=O)cc1. The molecule has 138 valence electrons. The highest BCUT2D eigenvalue weighted by molar-refractivity contribution is 8.26. The van der Waals surface area contributed by atoms with Gasteiger partial charge in [-0.05, 0) is 48.4 Å². The summed E-state index contributed by atoms with van der Waals surface area (Å²) in [6, 6.07) is 14.8. The Labute approximate surface area is 167 Å². The summed E-state index contributed by atoms with van der Waals surface area (Å²) in [6.45, 7) is 1.83. The molecule has 0 aliphatic carbocycles. The highest BCUT2D eigenvalue weighted by Crippen LogP contribution is 2.32. The molecule has 2 aromatic rings. The van der Waals surface area contributed by atoms with Gasteiger partial charge in [-0.1, -0.05) is 48.2 Å². The molecule has 0 spiro atoms. The average molecular weight is 399 g/mol. The van der Waals surface area contributed by atoms with Crippen molar-refractivity contribution in [2.45, 2.75) is 6.92 Å². The molecule has 0 unspecified atom stereocenters. The van der Waals surface area contributed by atoms with E-state index in [0.717, 1.165) is 16.9 Å². The maximum atomic E-state index is 12.6. The van der Waals surface area contributed by atoms with Crippen LogP contribution in [0.3, 0.4) is 0 Å². The molecule has 5 nitrogen and oxygen atoms in total. The molecule has 27 heavy (non-hydrogen) atoms. The second-order valence-electron chi connectivity index (χ2n) is 5.96. The van der Waals surface area contributed by atoms with Crippen LogP contribution in [0.1, 0.15) is 11.1 Å². The molecule has 0 radical (unpaired) electrons. The fourth-order valence-electron chi connectivity index (χ4n) is 2.55. The third-order valence-corrected chi connectivity index (χ3v) is 5.27. The highest BCUT2D eigenvalue weighted by atomic mass is 32.2. The Morgan fingerprint density at radius 1 is 1.26 bits per heavy atom. The number of nitrogens with one attached hydrogen (secondary N) is 1. The van der Waals surface area contributed by atoms with Crippen molar-refractivity contribution in [3.63, 3.8) is 0 Å². The molecule has 0 saturated carbocycles. The Morgan fingerprint density at radius 2 is 2.00 bits per heavy atom. The largest absolute Gasteiger partial charge is 0.497 e. The quantitative estimate of drug-likeness (QED) is 0.613. The summed E-state index contributed by atoms with van der Waals surface area (Å²) in [6.07, 6.45) is 1.76. The second kappa shape index (κ2) is 8.37. The van der Waals surface area contributed by atoms with Crippen LogP contribution in [0.25, 0.3) is 6.08 Å². The summed E-state index contributed by atoms with van der Waals surface area (Å²) in [5.74, 6) is 0.190. The van der Waals surface area contributed by atoms with Gasteiger partial charge in [-0.15, -0.1) is 0 Å². The van der Waals surface area contributed by atoms with E-state index in [0.29, 0.717) is 14.9 Å². The number of amides is 2. The number of thiocarbonyl (C=S) groups is 1. The second-order valence-corrected chi connectivity index (χ2v) is 7.63. The maximum absolute atomic E-state index is 12.6. The van der Waals surface area contributed by atoms with Crippen molar-refractivity contribution in [2.24, 2.45) is 0 Å². The predicted molar refractivity (Wildman–Crippen MR) is 113 cm³/mol. The first-order chi connectivity index (χ1) is 13.0. The van der Waals surface area contributed by atoms with E-state index < -0.39 is 0 Å². The number of carbonyl (C=O) groups is 2. The van der Waals surface area contributed by atoms with Gasteiger partial charge in [0.15, 0.2) is 0 Å². The Balaban J connectivity index is 1.68.